The van der Waals surface area contributed by atoms with Crippen LogP contribution in [0, 0.1) is 0 Å². The smallest absolute Gasteiger partial charge is 0.244 e. The van der Waals surface area contributed by atoms with Crippen molar-refractivity contribution in [2.75, 3.05) is 0 Å². The van der Waals surface area contributed by atoms with E-state index in [2.05, 4.69) is 25.2 Å². The number of aliphatic hydroxyl groups is 1. The molecule has 0 saturated carbocycles. The van der Waals surface area contributed by atoms with Crippen molar-refractivity contribution in [2.24, 2.45) is 0 Å². The Bertz CT molecular complexity index is 597. The van der Waals surface area contributed by atoms with Crippen LogP contribution in [0.1, 0.15) is 55.5 Å². The first-order valence-electron chi connectivity index (χ1n) is 7.37. The number of carbonyl (C=O) groups is 2. The highest BCUT2D eigenvalue weighted by Gasteiger charge is 2.39. The zero-order valence-corrected chi connectivity index (χ0v) is 12.3. The summed E-state index contributed by atoms with van der Waals surface area (Å²) in [6.07, 6.45) is 0.0186. The Morgan fingerprint density at radius 2 is 2.10 bits per heavy atom. The molecule has 3 rings (SSSR count). The standard InChI is InChI=1S/C16H20N2O3/c1-9(2)10-3-4-12-11(7-10)8-18(16(12)21)13-5-6-14(19)17-15(13)20/h3-4,7,9,13,16,21H,5-6,8H2,1-2H3,(H,17,19,20). The lowest BCUT2D eigenvalue weighted by atomic mass is 9.98. The first-order valence-corrected chi connectivity index (χ1v) is 7.37. The van der Waals surface area contributed by atoms with E-state index >= 15 is 0 Å². The molecule has 1 saturated heterocycles. The summed E-state index contributed by atoms with van der Waals surface area (Å²) in [6.45, 7) is 4.81. The molecule has 5 heteroatoms. The van der Waals surface area contributed by atoms with Crippen LogP contribution in [-0.2, 0) is 16.1 Å². The van der Waals surface area contributed by atoms with Crippen molar-refractivity contribution in [3.63, 3.8) is 0 Å². The lowest BCUT2D eigenvalue weighted by molar-refractivity contribution is -0.141. The monoisotopic (exact) mass is 288 g/mol. The molecular weight excluding hydrogens is 268 g/mol. The third-order valence-corrected chi connectivity index (χ3v) is 4.39. The molecule has 0 aliphatic carbocycles. The quantitative estimate of drug-likeness (QED) is 0.808. The van der Waals surface area contributed by atoms with Gasteiger partial charge in [0, 0.05) is 13.0 Å². The number of fused-ring (bicyclic) bond motifs is 1. The van der Waals surface area contributed by atoms with Gasteiger partial charge in [-0.25, -0.2) is 0 Å². The van der Waals surface area contributed by atoms with Gasteiger partial charge in [-0.2, -0.15) is 0 Å². The van der Waals surface area contributed by atoms with Gasteiger partial charge in [0.2, 0.25) is 11.8 Å². The molecule has 2 unspecified atom stereocenters. The SMILES string of the molecule is CC(C)c1ccc2c(c1)CN(C1CCC(=O)NC1=O)C2O. The molecule has 2 amide bonds. The van der Waals surface area contributed by atoms with Gasteiger partial charge in [0.1, 0.15) is 6.23 Å². The van der Waals surface area contributed by atoms with Crippen LogP contribution >= 0.6 is 0 Å². The van der Waals surface area contributed by atoms with Crippen molar-refractivity contribution in [3.05, 3.63) is 34.9 Å². The van der Waals surface area contributed by atoms with Gasteiger partial charge in [0.05, 0.1) is 6.04 Å². The van der Waals surface area contributed by atoms with E-state index in [0.717, 1.165) is 11.1 Å². The van der Waals surface area contributed by atoms with Crippen LogP contribution in [0.2, 0.25) is 0 Å². The average Bonchev–Trinajstić information content (AvgIpc) is 2.75. The van der Waals surface area contributed by atoms with Gasteiger partial charge in [-0.15, -0.1) is 0 Å². The number of nitrogens with one attached hydrogen (secondary N) is 1. The summed E-state index contributed by atoms with van der Waals surface area (Å²) in [5.41, 5.74) is 3.16. The Hall–Kier alpha value is -1.72. The summed E-state index contributed by atoms with van der Waals surface area (Å²) in [4.78, 5) is 25.0. The molecular formula is C16H20N2O3. The Morgan fingerprint density at radius 1 is 1.33 bits per heavy atom. The number of rotatable bonds is 2. The van der Waals surface area contributed by atoms with Gasteiger partial charge in [-0.1, -0.05) is 32.0 Å². The fourth-order valence-electron chi connectivity index (χ4n) is 3.11. The lowest BCUT2D eigenvalue weighted by Crippen LogP contribution is -2.51. The average molecular weight is 288 g/mol. The van der Waals surface area contributed by atoms with E-state index in [-0.39, 0.29) is 11.8 Å². The molecule has 2 N–H and O–H groups in total. The number of carbonyl (C=O) groups excluding carboxylic acids is 2. The number of imide groups is 1. The molecule has 2 aliphatic rings. The van der Waals surface area contributed by atoms with Crippen LogP contribution in [0.15, 0.2) is 18.2 Å². The number of benzene rings is 1. The van der Waals surface area contributed by atoms with Crippen LogP contribution in [0.25, 0.3) is 0 Å². The summed E-state index contributed by atoms with van der Waals surface area (Å²) in [6, 6.07) is 5.64. The van der Waals surface area contributed by atoms with Crippen molar-refractivity contribution in [1.82, 2.24) is 10.2 Å². The van der Waals surface area contributed by atoms with Gasteiger partial charge in [0.25, 0.3) is 0 Å². The highest BCUT2D eigenvalue weighted by Crippen LogP contribution is 2.36. The molecule has 0 bridgehead atoms. The Morgan fingerprint density at radius 3 is 2.76 bits per heavy atom. The Balaban J connectivity index is 1.84. The van der Waals surface area contributed by atoms with E-state index in [1.165, 1.54) is 5.56 Å². The second-order valence-corrected chi connectivity index (χ2v) is 6.13. The van der Waals surface area contributed by atoms with Crippen LogP contribution < -0.4 is 5.32 Å². The van der Waals surface area contributed by atoms with Crippen molar-refractivity contribution >= 4 is 11.8 Å². The minimum Gasteiger partial charge on any atom is -0.374 e. The minimum atomic E-state index is -0.773. The van der Waals surface area contributed by atoms with Gasteiger partial charge in [-0.05, 0) is 29.0 Å². The first-order chi connectivity index (χ1) is 9.97. The molecule has 1 aromatic rings. The number of piperidine rings is 1. The van der Waals surface area contributed by atoms with Gasteiger partial charge in [-0.3, -0.25) is 19.8 Å². The van der Waals surface area contributed by atoms with Crippen molar-refractivity contribution in [3.8, 4) is 0 Å². The minimum absolute atomic E-state index is 0.232. The van der Waals surface area contributed by atoms with Gasteiger partial charge < -0.3 is 5.11 Å². The highest BCUT2D eigenvalue weighted by molar-refractivity contribution is 6.00. The third-order valence-electron chi connectivity index (χ3n) is 4.39. The molecule has 0 radical (unpaired) electrons. The fraction of sp³-hybridized carbons (Fsp3) is 0.500. The Labute approximate surface area is 123 Å². The van der Waals surface area contributed by atoms with E-state index in [9.17, 15) is 14.7 Å². The van der Waals surface area contributed by atoms with Crippen LogP contribution in [0.3, 0.4) is 0 Å². The predicted octanol–water partition coefficient (Wildman–Crippen LogP) is 1.42. The third kappa shape index (κ3) is 2.47. The van der Waals surface area contributed by atoms with Crippen LogP contribution in [0.4, 0.5) is 0 Å². The molecule has 2 heterocycles. The molecule has 0 spiro atoms. The summed E-state index contributed by atoms with van der Waals surface area (Å²) in [7, 11) is 0. The zero-order chi connectivity index (χ0) is 15.1. The first kappa shape index (κ1) is 14.2. The van der Waals surface area contributed by atoms with Gasteiger partial charge in [0.15, 0.2) is 0 Å². The van der Waals surface area contributed by atoms with Crippen molar-refractivity contribution in [1.29, 1.82) is 0 Å². The second-order valence-electron chi connectivity index (χ2n) is 6.13. The lowest BCUT2D eigenvalue weighted by Gasteiger charge is -2.31. The largest absolute Gasteiger partial charge is 0.374 e. The fourth-order valence-corrected chi connectivity index (χ4v) is 3.11. The molecule has 2 atom stereocenters. The summed E-state index contributed by atoms with van der Waals surface area (Å²) >= 11 is 0. The maximum Gasteiger partial charge on any atom is 0.244 e. The van der Waals surface area contributed by atoms with E-state index in [1.54, 1.807) is 4.90 Å². The topological polar surface area (TPSA) is 69.6 Å². The maximum absolute atomic E-state index is 12.0. The molecule has 2 aliphatic heterocycles. The highest BCUT2D eigenvalue weighted by atomic mass is 16.3. The number of aliphatic hydroxyl groups excluding tert-OH is 1. The number of hydrogen-bond acceptors (Lipinski definition) is 4. The van der Waals surface area contributed by atoms with Crippen molar-refractivity contribution in [2.45, 2.75) is 51.4 Å². The normalized spacial score (nSPS) is 26.1. The van der Waals surface area contributed by atoms with Gasteiger partial charge >= 0.3 is 0 Å². The van der Waals surface area contributed by atoms with E-state index in [4.69, 9.17) is 0 Å². The number of nitrogens with zero attached hydrogens (tertiary/aromatic N) is 1. The summed E-state index contributed by atoms with van der Waals surface area (Å²) in [5, 5.41) is 12.8. The predicted molar refractivity (Wildman–Crippen MR) is 77.2 cm³/mol. The zero-order valence-electron chi connectivity index (χ0n) is 12.3. The number of amides is 2. The van der Waals surface area contributed by atoms with Crippen LogP contribution in [0.5, 0.6) is 0 Å². The van der Waals surface area contributed by atoms with E-state index in [0.29, 0.717) is 25.3 Å². The molecule has 1 aromatic carbocycles. The number of hydrogen-bond donors (Lipinski definition) is 2. The second kappa shape index (κ2) is 5.24. The van der Waals surface area contributed by atoms with Crippen LogP contribution in [-0.4, -0.2) is 27.9 Å². The molecule has 112 valence electrons. The molecule has 1 fully saturated rings. The maximum atomic E-state index is 12.0. The van der Waals surface area contributed by atoms with Crippen molar-refractivity contribution < 1.29 is 14.7 Å². The van der Waals surface area contributed by atoms with E-state index < -0.39 is 12.3 Å². The molecule has 21 heavy (non-hydrogen) atoms. The summed E-state index contributed by atoms with van der Waals surface area (Å²) in [5.74, 6) is -0.108. The summed E-state index contributed by atoms with van der Waals surface area (Å²) < 4.78 is 0. The van der Waals surface area contributed by atoms with E-state index in [1.807, 2.05) is 12.1 Å². The Kier molecular flexibility index (Phi) is 3.55. The molecule has 5 nitrogen and oxygen atoms in total. The molecule has 0 aromatic heterocycles.